The molecule has 1 N–H and O–H groups in total. The van der Waals surface area contributed by atoms with Gasteiger partial charge in [-0.25, -0.2) is 0 Å². The Morgan fingerprint density at radius 2 is 1.78 bits per heavy atom. The Hall–Kier alpha value is -2.15. The molecule has 4 rings (SSSR count). The molecule has 2 saturated heterocycles. The molecule has 2 aliphatic heterocycles. The Morgan fingerprint density at radius 3 is 2.48 bits per heavy atom. The molecule has 146 valence electrons. The minimum atomic E-state index is -0.299. The van der Waals surface area contributed by atoms with Gasteiger partial charge in [0.2, 0.25) is 11.8 Å². The van der Waals surface area contributed by atoms with Gasteiger partial charge in [-0.05, 0) is 25.0 Å². The number of nitrogens with one attached hydrogen (secondary N) is 1. The number of hydrogen-bond donors (Lipinski definition) is 1. The van der Waals surface area contributed by atoms with Gasteiger partial charge in [0, 0.05) is 63.4 Å². The molecule has 3 aliphatic rings. The van der Waals surface area contributed by atoms with Gasteiger partial charge >= 0.3 is 0 Å². The van der Waals surface area contributed by atoms with Crippen molar-refractivity contribution in [1.82, 2.24) is 20.1 Å². The molecule has 27 heavy (non-hydrogen) atoms. The molecule has 1 atom stereocenters. The van der Waals surface area contributed by atoms with Crippen LogP contribution < -0.4 is 10.2 Å². The van der Waals surface area contributed by atoms with Crippen molar-refractivity contribution in [2.75, 3.05) is 44.2 Å². The Labute approximate surface area is 160 Å². The third-order valence-corrected chi connectivity index (χ3v) is 6.19. The lowest BCUT2D eigenvalue weighted by Gasteiger charge is -2.41. The van der Waals surface area contributed by atoms with Crippen molar-refractivity contribution in [3.63, 3.8) is 0 Å². The summed E-state index contributed by atoms with van der Waals surface area (Å²) in [4.78, 5) is 36.0. The minimum absolute atomic E-state index is 0.0249. The topological polar surface area (TPSA) is 68.8 Å². The Bertz CT molecular complexity index is 654. The zero-order chi connectivity index (χ0) is 18.6. The molecule has 7 nitrogen and oxygen atoms in total. The van der Waals surface area contributed by atoms with E-state index in [0.29, 0.717) is 32.1 Å². The summed E-state index contributed by atoms with van der Waals surface area (Å²) in [6.07, 6.45) is 8.68. The van der Waals surface area contributed by atoms with Gasteiger partial charge < -0.3 is 15.1 Å². The molecule has 0 spiro atoms. The zero-order valence-corrected chi connectivity index (χ0v) is 15.8. The predicted octanol–water partition coefficient (Wildman–Crippen LogP) is 0.863. The van der Waals surface area contributed by atoms with Crippen molar-refractivity contribution in [2.24, 2.45) is 0 Å². The summed E-state index contributed by atoms with van der Waals surface area (Å²) < 4.78 is 0. The highest BCUT2D eigenvalue weighted by atomic mass is 16.2. The van der Waals surface area contributed by atoms with Crippen LogP contribution >= 0.6 is 0 Å². The van der Waals surface area contributed by atoms with Crippen LogP contribution in [-0.4, -0.2) is 78.0 Å². The first kappa shape index (κ1) is 18.2. The summed E-state index contributed by atoms with van der Waals surface area (Å²) in [5.74, 6) is 0.131. The first-order valence-electron chi connectivity index (χ1n) is 10.2. The molecule has 0 radical (unpaired) electrons. The van der Waals surface area contributed by atoms with Gasteiger partial charge in [0.1, 0.15) is 0 Å². The van der Waals surface area contributed by atoms with E-state index in [1.807, 2.05) is 17.0 Å². The highest BCUT2D eigenvalue weighted by Crippen LogP contribution is 2.27. The van der Waals surface area contributed by atoms with Gasteiger partial charge in [-0.15, -0.1) is 0 Å². The Morgan fingerprint density at radius 1 is 1.07 bits per heavy atom. The zero-order valence-electron chi connectivity index (χ0n) is 15.8. The number of aromatic nitrogens is 1. The summed E-state index contributed by atoms with van der Waals surface area (Å²) in [5, 5.41) is 2.96. The van der Waals surface area contributed by atoms with Crippen molar-refractivity contribution >= 4 is 17.5 Å². The lowest BCUT2D eigenvalue weighted by atomic mass is 10.0. The van der Waals surface area contributed by atoms with Crippen LogP contribution in [0.3, 0.4) is 0 Å². The SMILES string of the molecule is O=C1NCCN(C2CCCC2)[C@@H]1CC(=O)N1CCN(c2ccncc2)CC1. The smallest absolute Gasteiger partial charge is 0.237 e. The van der Waals surface area contributed by atoms with Gasteiger partial charge in [0.15, 0.2) is 0 Å². The van der Waals surface area contributed by atoms with Gasteiger partial charge in [0.25, 0.3) is 0 Å². The van der Waals surface area contributed by atoms with Gasteiger partial charge in [-0.1, -0.05) is 12.8 Å². The van der Waals surface area contributed by atoms with Crippen LogP contribution in [0, 0.1) is 0 Å². The van der Waals surface area contributed by atoms with Crippen LogP contribution in [0.15, 0.2) is 24.5 Å². The summed E-state index contributed by atoms with van der Waals surface area (Å²) in [5.41, 5.74) is 1.15. The third-order valence-electron chi connectivity index (χ3n) is 6.19. The molecule has 1 aliphatic carbocycles. The second-order valence-electron chi connectivity index (χ2n) is 7.76. The van der Waals surface area contributed by atoms with E-state index in [9.17, 15) is 9.59 Å². The van der Waals surface area contributed by atoms with Crippen LogP contribution in [0.2, 0.25) is 0 Å². The van der Waals surface area contributed by atoms with Crippen molar-refractivity contribution in [1.29, 1.82) is 0 Å². The molecule has 0 aromatic carbocycles. The van der Waals surface area contributed by atoms with Crippen LogP contribution in [0.4, 0.5) is 5.69 Å². The molecule has 0 unspecified atom stereocenters. The van der Waals surface area contributed by atoms with E-state index in [1.165, 1.54) is 12.8 Å². The molecule has 3 fully saturated rings. The highest BCUT2D eigenvalue weighted by Gasteiger charge is 2.37. The second-order valence-corrected chi connectivity index (χ2v) is 7.76. The number of nitrogens with zero attached hydrogens (tertiary/aromatic N) is 4. The Balaban J connectivity index is 1.34. The third kappa shape index (κ3) is 4.08. The summed E-state index contributed by atoms with van der Waals surface area (Å²) in [6.45, 7) is 4.62. The number of amides is 2. The fraction of sp³-hybridized carbons (Fsp3) is 0.650. The van der Waals surface area contributed by atoms with E-state index in [-0.39, 0.29) is 17.9 Å². The summed E-state index contributed by atoms with van der Waals surface area (Å²) in [7, 11) is 0. The van der Waals surface area contributed by atoms with E-state index in [1.54, 1.807) is 12.4 Å². The number of rotatable bonds is 4. The first-order chi connectivity index (χ1) is 13.2. The van der Waals surface area contributed by atoms with Crippen LogP contribution in [0.5, 0.6) is 0 Å². The number of piperazine rings is 2. The molecule has 7 heteroatoms. The Kier molecular flexibility index (Phi) is 5.57. The van der Waals surface area contributed by atoms with E-state index in [2.05, 4.69) is 20.1 Å². The van der Waals surface area contributed by atoms with Crippen molar-refractivity contribution < 1.29 is 9.59 Å². The number of carbonyl (C=O) groups is 2. The highest BCUT2D eigenvalue weighted by molar-refractivity contribution is 5.89. The number of anilines is 1. The molecule has 2 amide bonds. The van der Waals surface area contributed by atoms with E-state index in [4.69, 9.17) is 0 Å². The van der Waals surface area contributed by atoms with E-state index in [0.717, 1.165) is 38.2 Å². The lowest BCUT2D eigenvalue weighted by Crippen LogP contribution is -2.59. The van der Waals surface area contributed by atoms with E-state index < -0.39 is 0 Å². The molecular formula is C20H29N5O2. The molecule has 0 bridgehead atoms. The fourth-order valence-electron chi connectivity index (χ4n) is 4.68. The van der Waals surface area contributed by atoms with Crippen LogP contribution in [0.1, 0.15) is 32.1 Å². The van der Waals surface area contributed by atoms with Crippen molar-refractivity contribution in [3.05, 3.63) is 24.5 Å². The monoisotopic (exact) mass is 371 g/mol. The van der Waals surface area contributed by atoms with Gasteiger partial charge in [0.05, 0.1) is 12.5 Å². The number of pyridine rings is 1. The maximum absolute atomic E-state index is 12.9. The average Bonchev–Trinajstić information content (AvgIpc) is 3.25. The first-order valence-corrected chi connectivity index (χ1v) is 10.2. The fourth-order valence-corrected chi connectivity index (χ4v) is 4.68. The number of hydrogen-bond acceptors (Lipinski definition) is 5. The maximum atomic E-state index is 12.9. The van der Waals surface area contributed by atoms with Crippen molar-refractivity contribution in [3.8, 4) is 0 Å². The number of carbonyl (C=O) groups excluding carboxylic acids is 2. The standard InChI is InChI=1S/C20H29N5O2/c26-19(24-13-11-23(12-14-24)16-5-7-21-8-6-16)15-18-20(27)22-9-10-25(18)17-3-1-2-4-17/h5-8,17-18H,1-4,9-15H2,(H,22,27)/t18-/m1/s1. The molecule has 1 saturated carbocycles. The van der Waals surface area contributed by atoms with Crippen LogP contribution in [-0.2, 0) is 9.59 Å². The normalized spacial score (nSPS) is 24.9. The summed E-state index contributed by atoms with van der Waals surface area (Å²) in [6, 6.07) is 4.18. The lowest BCUT2D eigenvalue weighted by molar-refractivity contribution is -0.140. The quantitative estimate of drug-likeness (QED) is 0.850. The largest absolute Gasteiger partial charge is 0.368 e. The molecule has 3 heterocycles. The summed E-state index contributed by atoms with van der Waals surface area (Å²) >= 11 is 0. The van der Waals surface area contributed by atoms with Gasteiger partial charge in [-0.3, -0.25) is 19.5 Å². The average molecular weight is 371 g/mol. The minimum Gasteiger partial charge on any atom is -0.368 e. The molecular weight excluding hydrogens is 342 g/mol. The molecule has 1 aromatic rings. The molecule has 1 aromatic heterocycles. The predicted molar refractivity (Wildman–Crippen MR) is 103 cm³/mol. The van der Waals surface area contributed by atoms with E-state index >= 15 is 0 Å². The maximum Gasteiger partial charge on any atom is 0.237 e. The van der Waals surface area contributed by atoms with Crippen LogP contribution in [0.25, 0.3) is 0 Å². The second kappa shape index (κ2) is 8.25. The van der Waals surface area contributed by atoms with Gasteiger partial charge in [-0.2, -0.15) is 0 Å². The van der Waals surface area contributed by atoms with Crippen molar-refractivity contribution in [2.45, 2.75) is 44.2 Å².